The third-order valence-electron chi connectivity index (χ3n) is 3.62. The van der Waals surface area contributed by atoms with E-state index in [1.807, 2.05) is 0 Å². The lowest BCUT2D eigenvalue weighted by atomic mass is 10.1. The molecule has 0 aromatic heterocycles. The van der Waals surface area contributed by atoms with Gasteiger partial charge in [0.25, 0.3) is 11.6 Å². The van der Waals surface area contributed by atoms with Crippen LogP contribution in [0.25, 0.3) is 0 Å². The summed E-state index contributed by atoms with van der Waals surface area (Å²) in [6.07, 6.45) is 0.284. The smallest absolute Gasteiger partial charge is 0.325 e. The number of hydrogen-bond acceptors (Lipinski definition) is 4. The average molecular weight is 311 g/mol. The zero-order valence-electron chi connectivity index (χ0n) is 12.0. The minimum absolute atomic E-state index is 0.0125. The van der Waals surface area contributed by atoms with Gasteiger partial charge in [-0.15, -0.1) is 0 Å². The Bertz CT molecular complexity index is 759. The fourth-order valence-electron chi connectivity index (χ4n) is 2.48. The maximum atomic E-state index is 12.4. The molecule has 3 amide bonds. The van der Waals surface area contributed by atoms with Gasteiger partial charge in [0.15, 0.2) is 0 Å². The number of urea groups is 1. The number of nitro benzene ring substituents is 1. The molecule has 1 unspecified atom stereocenters. The van der Waals surface area contributed by atoms with Crippen molar-refractivity contribution in [1.29, 1.82) is 0 Å². The minimum atomic E-state index is -0.677. The van der Waals surface area contributed by atoms with Gasteiger partial charge in [-0.1, -0.05) is 30.3 Å². The molecule has 3 rings (SSSR count). The van der Waals surface area contributed by atoms with E-state index in [1.165, 1.54) is 12.1 Å². The summed E-state index contributed by atoms with van der Waals surface area (Å²) >= 11 is 0. The van der Waals surface area contributed by atoms with Crippen molar-refractivity contribution in [2.45, 2.75) is 12.5 Å². The Balaban J connectivity index is 1.76. The van der Waals surface area contributed by atoms with Crippen LogP contribution in [0.2, 0.25) is 0 Å². The molecule has 1 fully saturated rings. The van der Waals surface area contributed by atoms with E-state index < -0.39 is 17.0 Å². The van der Waals surface area contributed by atoms with E-state index in [4.69, 9.17) is 0 Å². The van der Waals surface area contributed by atoms with Crippen LogP contribution in [0.15, 0.2) is 54.6 Å². The number of para-hydroxylation sites is 1. The summed E-state index contributed by atoms with van der Waals surface area (Å²) in [5.74, 6) is -0.334. The quantitative estimate of drug-likeness (QED) is 0.532. The number of non-ortho nitro benzene ring substituents is 1. The Kier molecular flexibility index (Phi) is 3.76. The maximum Gasteiger partial charge on any atom is 0.329 e. The number of nitrogens with zero attached hydrogens (tertiary/aromatic N) is 2. The second-order valence-corrected chi connectivity index (χ2v) is 5.14. The van der Waals surface area contributed by atoms with E-state index in [2.05, 4.69) is 5.32 Å². The summed E-state index contributed by atoms with van der Waals surface area (Å²) in [6.45, 7) is 0. The van der Waals surface area contributed by atoms with Gasteiger partial charge in [0.2, 0.25) is 0 Å². The Labute approximate surface area is 131 Å². The topological polar surface area (TPSA) is 92.5 Å². The average Bonchev–Trinajstić information content (AvgIpc) is 2.82. The van der Waals surface area contributed by atoms with Crippen molar-refractivity contribution < 1.29 is 14.5 Å². The van der Waals surface area contributed by atoms with Gasteiger partial charge in [0.05, 0.1) is 10.6 Å². The molecule has 0 bridgehead atoms. The van der Waals surface area contributed by atoms with Crippen LogP contribution in [0.1, 0.15) is 5.56 Å². The van der Waals surface area contributed by atoms with Crippen molar-refractivity contribution in [1.82, 2.24) is 5.32 Å². The fraction of sp³-hybridized carbons (Fsp3) is 0.125. The molecule has 2 aromatic rings. The molecule has 0 aliphatic carbocycles. The van der Waals surface area contributed by atoms with E-state index >= 15 is 0 Å². The molecule has 1 atom stereocenters. The van der Waals surface area contributed by atoms with Crippen LogP contribution in [-0.4, -0.2) is 22.9 Å². The standard InChI is InChI=1S/C16H13N3O4/c20-15-14(10-11-6-8-13(9-7-11)19(22)23)17-16(21)18(15)12-4-2-1-3-5-12/h1-9,14H,10H2,(H,17,21). The number of carbonyl (C=O) groups excluding carboxylic acids is 2. The molecule has 7 heteroatoms. The molecule has 2 aromatic carbocycles. The molecule has 0 spiro atoms. The zero-order valence-corrected chi connectivity index (χ0v) is 12.0. The van der Waals surface area contributed by atoms with Crippen molar-refractivity contribution >= 4 is 23.3 Å². The van der Waals surface area contributed by atoms with Crippen LogP contribution in [0.4, 0.5) is 16.2 Å². The molecule has 1 aliphatic heterocycles. The van der Waals surface area contributed by atoms with E-state index in [0.29, 0.717) is 5.69 Å². The highest BCUT2D eigenvalue weighted by molar-refractivity contribution is 6.21. The number of nitrogens with one attached hydrogen (secondary N) is 1. The third kappa shape index (κ3) is 2.89. The SMILES string of the molecule is O=C1NC(Cc2ccc([N+](=O)[O-])cc2)C(=O)N1c1ccccc1. The molecule has 7 nitrogen and oxygen atoms in total. The number of nitro groups is 1. The Morgan fingerprint density at radius 2 is 1.70 bits per heavy atom. The number of carbonyl (C=O) groups is 2. The largest absolute Gasteiger partial charge is 0.329 e. The second-order valence-electron chi connectivity index (χ2n) is 5.14. The van der Waals surface area contributed by atoms with Gasteiger partial charge in [-0.25, -0.2) is 9.69 Å². The van der Waals surface area contributed by atoms with Gasteiger partial charge in [-0.05, 0) is 17.7 Å². The molecule has 23 heavy (non-hydrogen) atoms. The van der Waals surface area contributed by atoms with Gasteiger partial charge in [0, 0.05) is 18.6 Å². The van der Waals surface area contributed by atoms with E-state index in [-0.39, 0.29) is 18.0 Å². The van der Waals surface area contributed by atoms with E-state index in [9.17, 15) is 19.7 Å². The summed E-state index contributed by atoms with van der Waals surface area (Å²) in [7, 11) is 0. The highest BCUT2D eigenvalue weighted by Gasteiger charge is 2.38. The normalized spacial score (nSPS) is 17.2. The first-order chi connectivity index (χ1) is 11.1. The Morgan fingerprint density at radius 3 is 2.30 bits per heavy atom. The summed E-state index contributed by atoms with van der Waals surface area (Å²) in [6, 6.07) is 13.5. The molecule has 1 N–H and O–H groups in total. The molecule has 116 valence electrons. The van der Waals surface area contributed by atoms with Gasteiger partial charge < -0.3 is 5.32 Å². The number of imide groups is 1. The van der Waals surface area contributed by atoms with Crippen molar-refractivity contribution in [3.63, 3.8) is 0 Å². The number of amides is 3. The monoisotopic (exact) mass is 311 g/mol. The van der Waals surface area contributed by atoms with Gasteiger partial charge >= 0.3 is 6.03 Å². The molecule has 1 aliphatic rings. The first-order valence-corrected chi connectivity index (χ1v) is 6.99. The molecule has 0 saturated carbocycles. The minimum Gasteiger partial charge on any atom is -0.325 e. The van der Waals surface area contributed by atoms with Crippen LogP contribution < -0.4 is 10.2 Å². The Morgan fingerprint density at radius 1 is 1.04 bits per heavy atom. The molecule has 1 heterocycles. The van der Waals surface area contributed by atoms with Crippen molar-refractivity contribution in [2.75, 3.05) is 4.90 Å². The lowest BCUT2D eigenvalue weighted by Crippen LogP contribution is -2.32. The van der Waals surface area contributed by atoms with Crippen molar-refractivity contribution in [3.8, 4) is 0 Å². The zero-order chi connectivity index (χ0) is 16.4. The second kappa shape index (κ2) is 5.88. The van der Waals surface area contributed by atoms with Crippen LogP contribution in [0.3, 0.4) is 0 Å². The van der Waals surface area contributed by atoms with Crippen LogP contribution >= 0.6 is 0 Å². The lowest BCUT2D eigenvalue weighted by molar-refractivity contribution is -0.384. The number of hydrogen-bond donors (Lipinski definition) is 1. The first-order valence-electron chi connectivity index (χ1n) is 6.99. The van der Waals surface area contributed by atoms with Gasteiger partial charge in [-0.3, -0.25) is 14.9 Å². The third-order valence-corrected chi connectivity index (χ3v) is 3.62. The van der Waals surface area contributed by atoms with Gasteiger partial charge in [-0.2, -0.15) is 0 Å². The van der Waals surface area contributed by atoms with Crippen molar-refractivity contribution in [3.05, 3.63) is 70.3 Å². The molecule has 0 radical (unpaired) electrons. The first kappa shape index (κ1) is 14.7. The number of benzene rings is 2. The number of anilines is 1. The highest BCUT2D eigenvalue weighted by atomic mass is 16.6. The predicted molar refractivity (Wildman–Crippen MR) is 83.0 cm³/mol. The molecule has 1 saturated heterocycles. The lowest BCUT2D eigenvalue weighted by Gasteiger charge is -2.12. The predicted octanol–water partition coefficient (Wildman–Crippen LogP) is 2.26. The molecular formula is C16H13N3O4. The van der Waals surface area contributed by atoms with Crippen molar-refractivity contribution in [2.24, 2.45) is 0 Å². The summed E-state index contributed by atoms with van der Waals surface area (Å²) < 4.78 is 0. The Hall–Kier alpha value is -3.22. The fourth-order valence-corrected chi connectivity index (χ4v) is 2.48. The maximum absolute atomic E-state index is 12.4. The number of rotatable bonds is 4. The highest BCUT2D eigenvalue weighted by Crippen LogP contribution is 2.21. The summed E-state index contributed by atoms with van der Waals surface area (Å²) in [5, 5.41) is 13.3. The van der Waals surface area contributed by atoms with Crippen LogP contribution in [0.5, 0.6) is 0 Å². The van der Waals surface area contributed by atoms with Gasteiger partial charge in [0.1, 0.15) is 6.04 Å². The van der Waals surface area contributed by atoms with Crippen LogP contribution in [-0.2, 0) is 11.2 Å². The summed E-state index contributed by atoms with van der Waals surface area (Å²) in [4.78, 5) is 35.7. The van der Waals surface area contributed by atoms with Crippen LogP contribution in [0, 0.1) is 10.1 Å². The van der Waals surface area contributed by atoms with E-state index in [0.717, 1.165) is 10.5 Å². The molecular weight excluding hydrogens is 298 g/mol. The summed E-state index contributed by atoms with van der Waals surface area (Å²) in [5.41, 5.74) is 1.24. The van der Waals surface area contributed by atoms with E-state index in [1.54, 1.807) is 42.5 Å².